The molecular formula is C52H44BOP. The van der Waals surface area contributed by atoms with Gasteiger partial charge in [-0.25, -0.2) is 0 Å². The second kappa shape index (κ2) is 16.1. The molecule has 0 saturated heterocycles. The second-order valence-electron chi connectivity index (χ2n) is 14.5. The maximum Gasteiger partial charge on any atom is 0.244 e. The molecule has 0 atom stereocenters. The van der Waals surface area contributed by atoms with Gasteiger partial charge < -0.3 is 4.57 Å². The summed E-state index contributed by atoms with van der Waals surface area (Å²) in [5.74, 6) is 14.2. The fourth-order valence-electron chi connectivity index (χ4n) is 8.09. The molecule has 7 aromatic rings. The molecule has 0 saturated carbocycles. The molecular weight excluding hydrogens is 682 g/mol. The summed E-state index contributed by atoms with van der Waals surface area (Å²) in [4.78, 5) is 0. The SMILES string of the molecule is Cc1cc(C)c(B(c2cc(C#Cc3ccccc3)c(P(=O)(c3ccccc3)c3ccccc3)cc2C#Cc2ccccc2)c2c(C)cc(C)cc2C)c(C)c1. The van der Waals surface area contributed by atoms with Crippen molar-refractivity contribution in [3.63, 3.8) is 0 Å². The Kier molecular flexibility index (Phi) is 10.9. The summed E-state index contributed by atoms with van der Waals surface area (Å²) in [6.07, 6.45) is 0. The maximum atomic E-state index is 16.3. The summed E-state index contributed by atoms with van der Waals surface area (Å²) < 4.78 is 16.3. The Morgan fingerprint density at radius 1 is 0.418 bits per heavy atom. The number of hydrogen-bond acceptors (Lipinski definition) is 1. The average molecular weight is 727 g/mol. The van der Waals surface area contributed by atoms with Crippen molar-refractivity contribution in [1.82, 2.24) is 0 Å². The molecule has 0 spiro atoms. The van der Waals surface area contributed by atoms with E-state index < -0.39 is 7.14 Å². The Morgan fingerprint density at radius 2 is 0.782 bits per heavy atom. The van der Waals surface area contributed by atoms with E-state index in [2.05, 4.69) is 102 Å². The summed E-state index contributed by atoms with van der Waals surface area (Å²) in [7, 11) is -3.47. The highest BCUT2D eigenvalue weighted by atomic mass is 31.2. The van der Waals surface area contributed by atoms with E-state index >= 15 is 4.57 Å². The summed E-state index contributed by atoms with van der Waals surface area (Å²) in [6.45, 7) is 13.0. The Morgan fingerprint density at radius 3 is 1.18 bits per heavy atom. The van der Waals surface area contributed by atoms with Crippen LogP contribution < -0.4 is 32.3 Å². The van der Waals surface area contributed by atoms with E-state index in [0.29, 0.717) is 5.30 Å². The fraction of sp³-hybridized carbons (Fsp3) is 0.115. The molecule has 0 bridgehead atoms. The molecule has 1 nitrogen and oxygen atoms in total. The van der Waals surface area contributed by atoms with E-state index in [9.17, 15) is 0 Å². The van der Waals surface area contributed by atoms with Gasteiger partial charge >= 0.3 is 0 Å². The highest BCUT2D eigenvalue weighted by molar-refractivity contribution is 7.85. The van der Waals surface area contributed by atoms with Crippen LogP contribution in [0.5, 0.6) is 0 Å². The Hall–Kier alpha value is -6.05. The first-order chi connectivity index (χ1) is 26.6. The molecule has 0 aliphatic carbocycles. The van der Waals surface area contributed by atoms with Crippen LogP contribution >= 0.6 is 7.14 Å². The van der Waals surface area contributed by atoms with E-state index in [1.54, 1.807) is 0 Å². The first-order valence-electron chi connectivity index (χ1n) is 18.8. The monoisotopic (exact) mass is 726 g/mol. The van der Waals surface area contributed by atoms with Crippen molar-refractivity contribution < 1.29 is 4.57 Å². The molecule has 7 aromatic carbocycles. The highest BCUT2D eigenvalue weighted by Crippen LogP contribution is 2.43. The first-order valence-corrected chi connectivity index (χ1v) is 20.5. The minimum absolute atomic E-state index is 0.166. The zero-order valence-corrected chi connectivity index (χ0v) is 33.3. The van der Waals surface area contributed by atoms with Gasteiger partial charge in [-0.1, -0.05) is 195 Å². The average Bonchev–Trinajstić information content (AvgIpc) is 3.19. The van der Waals surface area contributed by atoms with Gasteiger partial charge in [0.25, 0.3) is 0 Å². The topological polar surface area (TPSA) is 17.1 Å². The van der Waals surface area contributed by atoms with Crippen molar-refractivity contribution in [2.24, 2.45) is 0 Å². The van der Waals surface area contributed by atoms with Crippen molar-refractivity contribution in [3.05, 3.63) is 213 Å². The minimum Gasteiger partial charge on any atom is -0.309 e. The molecule has 0 aliphatic rings. The lowest BCUT2D eigenvalue weighted by atomic mass is 9.33. The first kappa shape index (κ1) is 37.3. The predicted octanol–water partition coefficient (Wildman–Crippen LogP) is 8.49. The largest absolute Gasteiger partial charge is 0.309 e. The second-order valence-corrected chi connectivity index (χ2v) is 17.3. The Balaban J connectivity index is 1.66. The summed E-state index contributed by atoms with van der Waals surface area (Å²) in [6, 6.07) is 53.3. The molecule has 0 amide bonds. The summed E-state index contributed by atoms with van der Waals surface area (Å²) >= 11 is 0. The molecule has 0 aliphatic heterocycles. The summed E-state index contributed by atoms with van der Waals surface area (Å²) in [5, 5.41) is 2.19. The van der Waals surface area contributed by atoms with Gasteiger partial charge in [0.2, 0.25) is 6.71 Å². The normalized spacial score (nSPS) is 10.9. The fourth-order valence-corrected chi connectivity index (χ4v) is 10.9. The van der Waals surface area contributed by atoms with Crippen LogP contribution in [0.4, 0.5) is 0 Å². The van der Waals surface area contributed by atoms with Crippen molar-refractivity contribution in [3.8, 4) is 23.7 Å². The molecule has 0 aromatic heterocycles. The number of benzene rings is 7. The Labute approximate surface area is 328 Å². The maximum absolute atomic E-state index is 16.3. The standard InChI is InChI=1S/C52H44BOP/c1-37-31-39(3)51(40(4)32-37)53(52-41(5)33-38(2)34-42(52)6)49-35-46(30-28-44-21-13-8-14-22-44)50(36-45(49)29-27-43-19-11-7-12-20-43)55(54,47-23-15-9-16-24-47)48-25-17-10-18-26-48/h7-26,31-36H,1-6H3. The smallest absolute Gasteiger partial charge is 0.244 e. The van der Waals surface area contributed by atoms with E-state index in [-0.39, 0.29) is 6.71 Å². The van der Waals surface area contributed by atoms with E-state index in [1.165, 1.54) is 44.3 Å². The van der Waals surface area contributed by atoms with Crippen LogP contribution in [0.1, 0.15) is 55.6 Å². The zero-order valence-electron chi connectivity index (χ0n) is 32.4. The van der Waals surface area contributed by atoms with Crippen LogP contribution in [0.15, 0.2) is 158 Å². The lowest BCUT2D eigenvalue weighted by molar-refractivity contribution is 0.592. The van der Waals surface area contributed by atoms with Crippen LogP contribution in [0.25, 0.3) is 0 Å². The lowest BCUT2D eigenvalue weighted by Gasteiger charge is -2.27. The molecule has 0 radical (unpaired) electrons. The third-order valence-corrected chi connectivity index (χ3v) is 13.4. The van der Waals surface area contributed by atoms with Crippen molar-refractivity contribution >= 4 is 46.2 Å². The summed E-state index contributed by atoms with van der Waals surface area (Å²) in [5.41, 5.74) is 14.3. The molecule has 7 rings (SSSR count). The molecule has 266 valence electrons. The van der Waals surface area contributed by atoms with Crippen molar-refractivity contribution in [1.29, 1.82) is 0 Å². The molecule has 0 N–H and O–H groups in total. The van der Waals surface area contributed by atoms with Crippen LogP contribution in [-0.4, -0.2) is 6.71 Å². The molecule has 0 unspecified atom stereocenters. The predicted molar refractivity (Wildman–Crippen MR) is 237 cm³/mol. The van der Waals surface area contributed by atoms with E-state index in [1.807, 2.05) is 121 Å². The number of hydrogen-bond donors (Lipinski definition) is 0. The zero-order chi connectivity index (χ0) is 38.5. The third kappa shape index (κ3) is 7.80. The highest BCUT2D eigenvalue weighted by Gasteiger charge is 2.36. The quantitative estimate of drug-likeness (QED) is 0.0955. The van der Waals surface area contributed by atoms with Crippen LogP contribution in [0.3, 0.4) is 0 Å². The van der Waals surface area contributed by atoms with Gasteiger partial charge in [0.15, 0.2) is 7.14 Å². The number of aryl methyl sites for hydroxylation is 6. The van der Waals surface area contributed by atoms with Gasteiger partial charge in [-0.2, -0.15) is 0 Å². The van der Waals surface area contributed by atoms with Gasteiger partial charge in [-0.15, -0.1) is 0 Å². The molecule has 0 fully saturated rings. The lowest BCUT2D eigenvalue weighted by Crippen LogP contribution is -2.57. The van der Waals surface area contributed by atoms with Gasteiger partial charge in [0.05, 0.1) is 0 Å². The van der Waals surface area contributed by atoms with Gasteiger partial charge in [-0.3, -0.25) is 0 Å². The molecule has 55 heavy (non-hydrogen) atoms. The molecule has 0 heterocycles. The Bertz CT molecular complexity index is 2530. The minimum atomic E-state index is -3.47. The van der Waals surface area contributed by atoms with Crippen LogP contribution in [0.2, 0.25) is 0 Å². The molecule has 3 heteroatoms. The van der Waals surface area contributed by atoms with Crippen molar-refractivity contribution in [2.75, 3.05) is 0 Å². The number of rotatable bonds is 6. The van der Waals surface area contributed by atoms with E-state index in [4.69, 9.17) is 0 Å². The van der Waals surface area contributed by atoms with Gasteiger partial charge in [0, 0.05) is 38.2 Å². The van der Waals surface area contributed by atoms with Crippen LogP contribution in [0, 0.1) is 65.2 Å². The van der Waals surface area contributed by atoms with E-state index in [0.717, 1.165) is 38.3 Å². The van der Waals surface area contributed by atoms with Crippen LogP contribution in [-0.2, 0) is 4.57 Å². The van der Waals surface area contributed by atoms with Crippen molar-refractivity contribution in [2.45, 2.75) is 41.5 Å². The van der Waals surface area contributed by atoms with Gasteiger partial charge in [0.1, 0.15) is 0 Å². The van der Waals surface area contributed by atoms with Gasteiger partial charge in [-0.05, 0) is 77.9 Å². The third-order valence-electron chi connectivity index (χ3n) is 10.3.